The lowest BCUT2D eigenvalue weighted by Crippen LogP contribution is -1.99. The summed E-state index contributed by atoms with van der Waals surface area (Å²) in [6, 6.07) is 17.6. The van der Waals surface area contributed by atoms with Gasteiger partial charge in [-0.25, -0.2) is 0 Å². The molecule has 0 atom stereocenters. The van der Waals surface area contributed by atoms with Gasteiger partial charge in [0.05, 0.1) is 6.21 Å². The second kappa shape index (κ2) is 6.49. The van der Waals surface area contributed by atoms with Crippen LogP contribution in [0.4, 0.5) is 5.95 Å². The molecule has 7 heteroatoms. The third kappa shape index (κ3) is 3.45. The lowest BCUT2D eigenvalue weighted by Gasteiger charge is -2.06. The predicted octanol–water partition coefficient (Wildman–Crippen LogP) is 1.72. The summed E-state index contributed by atoms with van der Waals surface area (Å²) in [4.78, 5) is 1.15. The van der Waals surface area contributed by atoms with Crippen molar-refractivity contribution >= 4 is 12.2 Å². The van der Waals surface area contributed by atoms with E-state index >= 15 is 0 Å². The van der Waals surface area contributed by atoms with Crippen molar-refractivity contribution in [2.45, 2.75) is 6.61 Å². The van der Waals surface area contributed by atoms with Gasteiger partial charge in [0.2, 0.25) is 0 Å². The molecular formula is C15H14N6O. The first kappa shape index (κ1) is 13.7. The Hall–Kier alpha value is -3.22. The number of ether oxygens (including phenoxy) is 1. The molecule has 0 fully saturated rings. The highest BCUT2D eigenvalue weighted by molar-refractivity contribution is 5.79. The fraction of sp³-hybridized carbons (Fsp3) is 0.0667. The number of aromatic nitrogens is 4. The van der Waals surface area contributed by atoms with Crippen molar-refractivity contribution < 1.29 is 4.74 Å². The standard InChI is InChI=1S/C15H14N6O/c16-15-18-19-20-21(15)17-10-12-6-8-14(9-7-12)22-11-13-4-2-1-3-5-13/h1-10H,11H2,(H2,16,18,20)/b17-10-. The zero-order valence-electron chi connectivity index (χ0n) is 11.7. The number of nitrogens with zero attached hydrogens (tertiary/aromatic N) is 5. The van der Waals surface area contributed by atoms with E-state index < -0.39 is 0 Å². The van der Waals surface area contributed by atoms with Gasteiger partial charge in [-0.15, -0.1) is 0 Å². The fourth-order valence-electron chi connectivity index (χ4n) is 1.78. The Morgan fingerprint density at radius 3 is 2.55 bits per heavy atom. The molecule has 0 aliphatic carbocycles. The number of benzene rings is 2. The van der Waals surface area contributed by atoms with Gasteiger partial charge >= 0.3 is 0 Å². The van der Waals surface area contributed by atoms with Gasteiger partial charge in [-0.1, -0.05) is 40.2 Å². The average molecular weight is 294 g/mol. The van der Waals surface area contributed by atoms with Gasteiger partial charge in [0.1, 0.15) is 12.4 Å². The smallest absolute Gasteiger partial charge is 0.263 e. The average Bonchev–Trinajstić information content (AvgIpc) is 2.98. The summed E-state index contributed by atoms with van der Waals surface area (Å²) in [5.41, 5.74) is 7.53. The van der Waals surface area contributed by atoms with Crippen LogP contribution in [0.25, 0.3) is 0 Å². The molecule has 110 valence electrons. The number of hydrogen-bond acceptors (Lipinski definition) is 6. The molecule has 22 heavy (non-hydrogen) atoms. The van der Waals surface area contributed by atoms with E-state index in [1.54, 1.807) is 6.21 Å². The van der Waals surface area contributed by atoms with E-state index in [2.05, 4.69) is 20.6 Å². The Morgan fingerprint density at radius 2 is 1.86 bits per heavy atom. The highest BCUT2D eigenvalue weighted by atomic mass is 16.5. The Morgan fingerprint density at radius 1 is 1.09 bits per heavy atom. The largest absolute Gasteiger partial charge is 0.489 e. The van der Waals surface area contributed by atoms with Crippen LogP contribution < -0.4 is 10.5 Å². The summed E-state index contributed by atoms with van der Waals surface area (Å²) < 4.78 is 5.71. The first-order valence-electron chi connectivity index (χ1n) is 6.66. The summed E-state index contributed by atoms with van der Waals surface area (Å²) in [5.74, 6) is 0.932. The zero-order chi connectivity index (χ0) is 15.2. The number of rotatable bonds is 5. The van der Waals surface area contributed by atoms with Crippen LogP contribution >= 0.6 is 0 Å². The van der Waals surface area contributed by atoms with E-state index in [1.165, 1.54) is 0 Å². The van der Waals surface area contributed by atoms with E-state index in [4.69, 9.17) is 10.5 Å². The van der Waals surface area contributed by atoms with Crippen molar-refractivity contribution in [3.63, 3.8) is 0 Å². The lowest BCUT2D eigenvalue weighted by molar-refractivity contribution is 0.306. The van der Waals surface area contributed by atoms with Gasteiger partial charge in [0, 0.05) is 0 Å². The molecule has 1 aromatic heterocycles. The number of hydrogen-bond donors (Lipinski definition) is 1. The molecule has 0 saturated heterocycles. The molecule has 3 rings (SSSR count). The summed E-state index contributed by atoms with van der Waals surface area (Å²) in [6.07, 6.45) is 1.62. The molecule has 0 bridgehead atoms. The molecule has 1 heterocycles. The maximum Gasteiger partial charge on any atom is 0.263 e. The first-order valence-corrected chi connectivity index (χ1v) is 6.66. The van der Waals surface area contributed by atoms with Crippen LogP contribution in [0, 0.1) is 0 Å². The Labute approximate surface area is 127 Å². The minimum Gasteiger partial charge on any atom is -0.489 e. The molecule has 0 aliphatic heterocycles. The van der Waals surface area contributed by atoms with E-state index in [0.29, 0.717) is 6.61 Å². The SMILES string of the molecule is Nc1nnnn1/N=C\c1ccc(OCc2ccccc2)cc1. The van der Waals surface area contributed by atoms with Gasteiger partial charge < -0.3 is 10.5 Å². The molecule has 0 unspecified atom stereocenters. The van der Waals surface area contributed by atoms with Crippen LogP contribution in [0.1, 0.15) is 11.1 Å². The van der Waals surface area contributed by atoms with E-state index in [0.717, 1.165) is 21.7 Å². The van der Waals surface area contributed by atoms with Gasteiger partial charge in [-0.05, 0) is 45.8 Å². The van der Waals surface area contributed by atoms with Crippen molar-refractivity contribution in [3.05, 3.63) is 65.7 Å². The molecule has 0 aliphatic rings. The molecule has 2 aromatic carbocycles. The summed E-state index contributed by atoms with van der Waals surface area (Å²) >= 11 is 0. The number of nitrogens with two attached hydrogens (primary N) is 1. The van der Waals surface area contributed by atoms with Gasteiger partial charge in [0.25, 0.3) is 5.95 Å². The van der Waals surface area contributed by atoms with Crippen molar-refractivity contribution in [3.8, 4) is 5.75 Å². The Bertz CT molecular complexity index is 751. The van der Waals surface area contributed by atoms with E-state index in [9.17, 15) is 0 Å². The molecule has 0 radical (unpaired) electrons. The molecule has 7 nitrogen and oxygen atoms in total. The maximum atomic E-state index is 5.71. The van der Waals surface area contributed by atoms with Crippen LogP contribution in [-0.4, -0.2) is 26.5 Å². The number of anilines is 1. The Kier molecular flexibility index (Phi) is 4.05. The number of nitrogen functional groups attached to an aromatic ring is 1. The highest BCUT2D eigenvalue weighted by Crippen LogP contribution is 2.13. The minimum atomic E-state index is 0.138. The number of tetrazole rings is 1. The van der Waals surface area contributed by atoms with Gasteiger partial charge in [-0.2, -0.15) is 5.10 Å². The lowest BCUT2D eigenvalue weighted by atomic mass is 10.2. The third-order valence-electron chi connectivity index (χ3n) is 2.92. The topological polar surface area (TPSA) is 91.2 Å². The third-order valence-corrected chi connectivity index (χ3v) is 2.92. The zero-order valence-corrected chi connectivity index (χ0v) is 11.7. The van der Waals surface area contributed by atoms with Gasteiger partial charge in [0.15, 0.2) is 0 Å². The minimum absolute atomic E-state index is 0.138. The molecule has 0 amide bonds. The van der Waals surface area contributed by atoms with Crippen molar-refractivity contribution in [2.24, 2.45) is 5.10 Å². The van der Waals surface area contributed by atoms with Crippen LogP contribution in [-0.2, 0) is 6.61 Å². The fourth-order valence-corrected chi connectivity index (χ4v) is 1.78. The van der Waals surface area contributed by atoms with Gasteiger partial charge in [-0.3, -0.25) is 0 Å². The van der Waals surface area contributed by atoms with E-state index in [-0.39, 0.29) is 5.95 Å². The van der Waals surface area contributed by atoms with Crippen molar-refractivity contribution in [1.82, 2.24) is 20.3 Å². The van der Waals surface area contributed by atoms with Crippen LogP contribution in [0.5, 0.6) is 5.75 Å². The first-order chi connectivity index (χ1) is 10.8. The monoisotopic (exact) mass is 294 g/mol. The molecule has 2 N–H and O–H groups in total. The quantitative estimate of drug-likeness (QED) is 0.723. The normalized spacial score (nSPS) is 10.9. The van der Waals surface area contributed by atoms with Crippen LogP contribution in [0.15, 0.2) is 59.7 Å². The highest BCUT2D eigenvalue weighted by Gasteiger charge is 1.98. The molecule has 3 aromatic rings. The summed E-state index contributed by atoms with van der Waals surface area (Å²) in [7, 11) is 0. The second-order valence-corrected chi connectivity index (χ2v) is 4.51. The Balaban J connectivity index is 1.61. The van der Waals surface area contributed by atoms with Crippen LogP contribution in [0.2, 0.25) is 0 Å². The van der Waals surface area contributed by atoms with E-state index in [1.807, 2.05) is 54.6 Å². The predicted molar refractivity (Wildman–Crippen MR) is 82.4 cm³/mol. The van der Waals surface area contributed by atoms with Crippen LogP contribution in [0.3, 0.4) is 0 Å². The molecular weight excluding hydrogens is 280 g/mol. The molecule has 0 saturated carbocycles. The summed E-state index contributed by atoms with van der Waals surface area (Å²) in [6.45, 7) is 0.537. The van der Waals surface area contributed by atoms with Crippen molar-refractivity contribution in [1.29, 1.82) is 0 Å². The van der Waals surface area contributed by atoms with Crippen molar-refractivity contribution in [2.75, 3.05) is 5.73 Å². The summed E-state index contributed by atoms with van der Waals surface area (Å²) in [5, 5.41) is 14.6. The molecule has 0 spiro atoms. The maximum absolute atomic E-state index is 5.71. The second-order valence-electron chi connectivity index (χ2n) is 4.51.